The molecule has 0 spiro atoms. The maximum absolute atomic E-state index is 8.35. The summed E-state index contributed by atoms with van der Waals surface area (Å²) in [5.74, 6) is 0. The predicted molar refractivity (Wildman–Crippen MR) is 62.9 cm³/mol. The van der Waals surface area contributed by atoms with Gasteiger partial charge < -0.3 is 0 Å². The van der Waals surface area contributed by atoms with Crippen molar-refractivity contribution in [3.63, 3.8) is 0 Å². The van der Waals surface area contributed by atoms with Crippen LogP contribution in [-0.2, 0) is 0 Å². The van der Waals surface area contributed by atoms with Gasteiger partial charge in [0, 0.05) is 24.8 Å². The topological polar surface area (TPSA) is 147 Å². The number of hydrogen-bond donors (Lipinski definition) is 0. The summed E-state index contributed by atoms with van der Waals surface area (Å²) < 4.78 is 0. The summed E-state index contributed by atoms with van der Waals surface area (Å²) in [6.07, 6.45) is 5.50. The molecule has 0 aliphatic carbocycles. The van der Waals surface area contributed by atoms with E-state index in [2.05, 4.69) is 19.9 Å². The predicted octanol–water partition coefficient (Wildman–Crippen LogP) is 0.440. The molecule has 8 heteroatoms. The highest BCUT2D eigenvalue weighted by Crippen LogP contribution is 1.95. The Morgan fingerprint density at radius 2 is 0.700 bits per heavy atom. The summed E-state index contributed by atoms with van der Waals surface area (Å²) >= 11 is 0. The summed E-state index contributed by atoms with van der Waals surface area (Å²) in [6.45, 7) is 0. The largest absolute Gasteiger partial charge is 0.241 e. The van der Waals surface area contributed by atoms with Crippen LogP contribution in [-0.4, -0.2) is 19.9 Å². The first kappa shape index (κ1) is 14.2. The van der Waals surface area contributed by atoms with E-state index in [1.807, 2.05) is 0 Å². The fourth-order valence-corrected chi connectivity index (χ4v) is 1.00. The minimum atomic E-state index is 0.0741. The summed E-state index contributed by atoms with van der Waals surface area (Å²) in [6, 6.07) is 7.00. The molecule has 20 heavy (non-hydrogen) atoms. The Morgan fingerprint density at radius 1 is 0.500 bits per heavy atom. The van der Waals surface area contributed by atoms with E-state index < -0.39 is 0 Å². The number of nitriles is 4. The zero-order valence-corrected chi connectivity index (χ0v) is 9.89. The van der Waals surface area contributed by atoms with Gasteiger partial charge in [-0.1, -0.05) is 0 Å². The van der Waals surface area contributed by atoms with Gasteiger partial charge in [-0.15, -0.1) is 0 Å². The van der Waals surface area contributed by atoms with Crippen LogP contribution in [0.2, 0.25) is 0 Å². The second-order valence-electron chi connectivity index (χ2n) is 2.95. The van der Waals surface area contributed by atoms with E-state index in [-0.39, 0.29) is 22.8 Å². The van der Waals surface area contributed by atoms with Gasteiger partial charge in [-0.25, -0.2) is 19.9 Å². The van der Waals surface area contributed by atoms with Crippen molar-refractivity contribution in [3.8, 4) is 24.3 Å². The van der Waals surface area contributed by atoms with E-state index in [1.165, 1.54) is 24.8 Å². The first-order valence-corrected chi connectivity index (χ1v) is 4.99. The Bertz CT molecular complexity index is 636. The van der Waals surface area contributed by atoms with Crippen LogP contribution in [0.4, 0.5) is 0 Å². The average Bonchev–Trinajstić information content (AvgIpc) is 2.55. The van der Waals surface area contributed by atoms with Crippen LogP contribution in [0.3, 0.4) is 0 Å². The van der Waals surface area contributed by atoms with Crippen molar-refractivity contribution in [3.05, 3.63) is 47.6 Å². The maximum Gasteiger partial charge on any atom is 0.177 e. The monoisotopic (exact) mass is 260 g/mol. The number of hydrogen-bond acceptors (Lipinski definition) is 8. The molecule has 0 aliphatic heterocycles. The van der Waals surface area contributed by atoms with Gasteiger partial charge in [-0.2, -0.15) is 21.0 Å². The first-order valence-electron chi connectivity index (χ1n) is 4.99. The Hall–Kier alpha value is -3.88. The standard InChI is InChI=1S/2C6H2N4/c2*7-3-5-6(4-8)10-2-1-9-5/h2*1-2H. The highest BCUT2D eigenvalue weighted by molar-refractivity contribution is 5.34. The Kier molecular flexibility index (Phi) is 5.28. The smallest absolute Gasteiger partial charge is 0.177 e. The molecule has 0 radical (unpaired) electrons. The first-order chi connectivity index (χ1) is 9.76. The fraction of sp³-hybridized carbons (Fsp3) is 0. The van der Waals surface area contributed by atoms with E-state index in [0.29, 0.717) is 0 Å². The fourth-order valence-electron chi connectivity index (χ4n) is 1.00. The van der Waals surface area contributed by atoms with Crippen LogP contribution in [0.1, 0.15) is 22.8 Å². The van der Waals surface area contributed by atoms with E-state index in [4.69, 9.17) is 21.0 Å². The van der Waals surface area contributed by atoms with E-state index in [0.717, 1.165) is 0 Å². The molecule has 92 valence electrons. The number of rotatable bonds is 0. The molecule has 0 N–H and O–H groups in total. The van der Waals surface area contributed by atoms with Crippen LogP contribution in [0.25, 0.3) is 0 Å². The zero-order chi connectivity index (χ0) is 14.8. The van der Waals surface area contributed by atoms with Gasteiger partial charge in [-0.05, 0) is 0 Å². The SMILES string of the molecule is N#Cc1nccnc1C#N.N#Cc1nccnc1C#N. The van der Waals surface area contributed by atoms with E-state index >= 15 is 0 Å². The molecule has 2 aromatic rings. The molecule has 0 amide bonds. The third kappa shape index (κ3) is 3.56. The molecule has 0 aromatic carbocycles. The van der Waals surface area contributed by atoms with Gasteiger partial charge in [0.25, 0.3) is 0 Å². The number of aromatic nitrogens is 4. The molecule has 0 saturated carbocycles. The Labute approximate surface area is 113 Å². The minimum Gasteiger partial charge on any atom is -0.241 e. The lowest BCUT2D eigenvalue weighted by Gasteiger charge is -1.86. The van der Waals surface area contributed by atoms with Gasteiger partial charge in [0.15, 0.2) is 22.8 Å². The summed E-state index contributed by atoms with van der Waals surface area (Å²) in [5.41, 5.74) is 0.296. The molecular weight excluding hydrogens is 256 g/mol. The summed E-state index contributed by atoms with van der Waals surface area (Å²) in [7, 11) is 0. The quantitative estimate of drug-likeness (QED) is 0.662. The van der Waals surface area contributed by atoms with Gasteiger partial charge in [0.05, 0.1) is 0 Å². The van der Waals surface area contributed by atoms with Crippen LogP contribution in [0, 0.1) is 45.3 Å². The van der Waals surface area contributed by atoms with Crippen molar-refractivity contribution >= 4 is 0 Å². The van der Waals surface area contributed by atoms with Crippen molar-refractivity contribution in [1.82, 2.24) is 19.9 Å². The van der Waals surface area contributed by atoms with Crippen molar-refractivity contribution in [2.45, 2.75) is 0 Å². The Balaban J connectivity index is 0.000000200. The molecule has 2 rings (SSSR count). The molecule has 0 saturated heterocycles. The van der Waals surface area contributed by atoms with Gasteiger partial charge in [0.1, 0.15) is 24.3 Å². The highest BCUT2D eigenvalue weighted by atomic mass is 14.8. The van der Waals surface area contributed by atoms with Crippen molar-refractivity contribution < 1.29 is 0 Å². The van der Waals surface area contributed by atoms with E-state index in [1.54, 1.807) is 24.3 Å². The normalized spacial score (nSPS) is 7.80. The second-order valence-corrected chi connectivity index (χ2v) is 2.95. The molecule has 0 fully saturated rings. The van der Waals surface area contributed by atoms with Crippen molar-refractivity contribution in [2.75, 3.05) is 0 Å². The van der Waals surface area contributed by atoms with Gasteiger partial charge in [0.2, 0.25) is 0 Å². The van der Waals surface area contributed by atoms with Gasteiger partial charge >= 0.3 is 0 Å². The third-order valence-electron chi connectivity index (χ3n) is 1.82. The van der Waals surface area contributed by atoms with Crippen molar-refractivity contribution in [2.24, 2.45) is 0 Å². The van der Waals surface area contributed by atoms with Gasteiger partial charge in [-0.3, -0.25) is 0 Å². The molecule has 2 aromatic heterocycles. The maximum atomic E-state index is 8.35. The summed E-state index contributed by atoms with van der Waals surface area (Å²) in [4.78, 5) is 14.5. The molecule has 0 bridgehead atoms. The molecular formula is C12H4N8. The number of nitrogens with zero attached hydrogens (tertiary/aromatic N) is 8. The highest BCUT2D eigenvalue weighted by Gasteiger charge is 2.00. The van der Waals surface area contributed by atoms with E-state index in [9.17, 15) is 0 Å². The van der Waals surface area contributed by atoms with Crippen molar-refractivity contribution in [1.29, 1.82) is 21.0 Å². The molecule has 0 unspecified atom stereocenters. The second kappa shape index (κ2) is 7.45. The third-order valence-corrected chi connectivity index (χ3v) is 1.82. The molecule has 0 atom stereocenters. The van der Waals surface area contributed by atoms with Crippen LogP contribution < -0.4 is 0 Å². The molecule has 8 nitrogen and oxygen atoms in total. The van der Waals surface area contributed by atoms with Crippen LogP contribution >= 0.6 is 0 Å². The molecule has 2 heterocycles. The average molecular weight is 260 g/mol. The van der Waals surface area contributed by atoms with Crippen LogP contribution in [0.15, 0.2) is 24.8 Å². The summed E-state index contributed by atoms with van der Waals surface area (Å²) in [5, 5.41) is 33.4. The minimum absolute atomic E-state index is 0.0741. The van der Waals surface area contributed by atoms with Crippen LogP contribution in [0.5, 0.6) is 0 Å². The lowest BCUT2D eigenvalue weighted by Crippen LogP contribution is -1.90. The lowest BCUT2D eigenvalue weighted by molar-refractivity contribution is 1.13. The molecule has 0 aliphatic rings. The Morgan fingerprint density at radius 3 is 0.850 bits per heavy atom. The lowest BCUT2D eigenvalue weighted by atomic mass is 10.3. The zero-order valence-electron chi connectivity index (χ0n) is 9.89.